The van der Waals surface area contributed by atoms with Crippen molar-refractivity contribution in [3.05, 3.63) is 72.3 Å². The fourth-order valence-corrected chi connectivity index (χ4v) is 2.51. The molecule has 0 unspecified atom stereocenters. The van der Waals surface area contributed by atoms with E-state index in [0.29, 0.717) is 5.96 Å². The number of aryl methyl sites for hydroxylation is 1. The maximum absolute atomic E-state index is 8.33. The molecule has 110 valence electrons. The molecule has 3 heteroatoms. The average Bonchev–Trinajstić information content (AvgIpc) is 2.54. The lowest BCUT2D eigenvalue weighted by Gasteiger charge is -2.22. The quantitative estimate of drug-likeness (QED) is 0.533. The van der Waals surface area contributed by atoms with Crippen molar-refractivity contribution in [2.24, 2.45) is 0 Å². The van der Waals surface area contributed by atoms with Gasteiger partial charge in [-0.1, -0.05) is 48.5 Å². The van der Waals surface area contributed by atoms with E-state index in [1.54, 1.807) is 0 Å². The molecule has 0 radical (unpaired) electrons. The highest BCUT2D eigenvalue weighted by atomic mass is 15.3. The van der Waals surface area contributed by atoms with Gasteiger partial charge >= 0.3 is 0 Å². The largest absolute Gasteiger partial charge is 0.326 e. The van der Waals surface area contributed by atoms with E-state index in [1.807, 2.05) is 48.3 Å². The molecule has 0 aliphatic carbocycles. The molecule has 3 rings (SSSR count). The number of anilines is 2. The summed E-state index contributed by atoms with van der Waals surface area (Å²) >= 11 is 0. The zero-order chi connectivity index (χ0) is 15.5. The van der Waals surface area contributed by atoms with E-state index < -0.39 is 0 Å². The monoisotopic (exact) mass is 289 g/mol. The minimum atomic E-state index is 0.349. The lowest BCUT2D eigenvalue weighted by atomic mass is 10.1. The first-order chi connectivity index (χ1) is 10.6. The van der Waals surface area contributed by atoms with Gasteiger partial charge in [0, 0.05) is 23.8 Å². The minimum Gasteiger partial charge on any atom is -0.326 e. The Morgan fingerprint density at radius 2 is 1.68 bits per heavy atom. The molecule has 0 saturated heterocycles. The normalized spacial score (nSPS) is 10.5. The molecule has 0 bridgehead atoms. The molecule has 22 heavy (non-hydrogen) atoms. The van der Waals surface area contributed by atoms with Gasteiger partial charge in [0.05, 0.1) is 0 Å². The molecule has 3 aromatic carbocycles. The van der Waals surface area contributed by atoms with Gasteiger partial charge in [-0.2, -0.15) is 0 Å². The van der Waals surface area contributed by atoms with Crippen molar-refractivity contribution in [1.82, 2.24) is 0 Å². The molecule has 0 aliphatic heterocycles. The van der Waals surface area contributed by atoms with Gasteiger partial charge in [0.25, 0.3) is 0 Å². The molecule has 2 N–H and O–H groups in total. The third kappa shape index (κ3) is 2.79. The van der Waals surface area contributed by atoms with Gasteiger partial charge in [-0.25, -0.2) is 0 Å². The van der Waals surface area contributed by atoms with Crippen LogP contribution in [0, 0.1) is 12.3 Å². The summed E-state index contributed by atoms with van der Waals surface area (Å²) in [5.74, 6) is 0.349. The van der Waals surface area contributed by atoms with E-state index in [9.17, 15) is 0 Å². The maximum atomic E-state index is 8.33. The molecule has 0 fully saturated rings. The summed E-state index contributed by atoms with van der Waals surface area (Å²) in [6, 6.07) is 22.4. The summed E-state index contributed by atoms with van der Waals surface area (Å²) in [5, 5.41) is 13.8. The standard InChI is InChI=1S/C19H19N3/c1-14-7-5-10-16(13-14)22(2)19(20)21-18-12-6-9-15-8-3-4-11-17(15)18/h3-13H,1-2H3,(H2,20,21). The van der Waals surface area contributed by atoms with Crippen molar-refractivity contribution in [1.29, 1.82) is 5.41 Å². The van der Waals surface area contributed by atoms with Crippen molar-refractivity contribution in [3.8, 4) is 0 Å². The summed E-state index contributed by atoms with van der Waals surface area (Å²) in [7, 11) is 1.90. The topological polar surface area (TPSA) is 39.1 Å². The van der Waals surface area contributed by atoms with Crippen LogP contribution < -0.4 is 10.2 Å². The predicted octanol–water partition coefficient (Wildman–Crippen LogP) is 4.63. The molecule has 0 spiro atoms. The number of fused-ring (bicyclic) bond motifs is 1. The summed E-state index contributed by atoms with van der Waals surface area (Å²) in [4.78, 5) is 1.84. The van der Waals surface area contributed by atoms with Crippen LogP contribution in [0.1, 0.15) is 5.56 Å². The maximum Gasteiger partial charge on any atom is 0.199 e. The summed E-state index contributed by atoms with van der Waals surface area (Å²) in [6.07, 6.45) is 0. The molecule has 0 atom stereocenters. The highest BCUT2D eigenvalue weighted by Crippen LogP contribution is 2.23. The van der Waals surface area contributed by atoms with Gasteiger partial charge in [0.2, 0.25) is 0 Å². The van der Waals surface area contributed by atoms with E-state index in [1.165, 1.54) is 10.9 Å². The number of guanidine groups is 1. The smallest absolute Gasteiger partial charge is 0.199 e. The van der Waals surface area contributed by atoms with Crippen LogP contribution in [0.4, 0.5) is 11.4 Å². The molecule has 3 aromatic rings. The van der Waals surface area contributed by atoms with E-state index in [-0.39, 0.29) is 0 Å². The average molecular weight is 289 g/mol. The van der Waals surface area contributed by atoms with Crippen LogP contribution in [0.2, 0.25) is 0 Å². The Hall–Kier alpha value is -2.81. The van der Waals surface area contributed by atoms with E-state index in [2.05, 4.69) is 42.6 Å². The van der Waals surface area contributed by atoms with Gasteiger partial charge < -0.3 is 10.2 Å². The van der Waals surface area contributed by atoms with E-state index in [4.69, 9.17) is 5.41 Å². The molecule has 0 saturated carbocycles. The first-order valence-corrected chi connectivity index (χ1v) is 7.29. The van der Waals surface area contributed by atoms with Crippen molar-refractivity contribution >= 4 is 28.1 Å². The highest BCUT2D eigenvalue weighted by molar-refractivity contribution is 6.08. The molecule has 0 heterocycles. The second kappa shape index (κ2) is 5.90. The lowest BCUT2D eigenvalue weighted by Crippen LogP contribution is -2.32. The van der Waals surface area contributed by atoms with Crippen molar-refractivity contribution < 1.29 is 0 Å². The van der Waals surface area contributed by atoms with E-state index >= 15 is 0 Å². The molecule has 3 nitrogen and oxygen atoms in total. The third-order valence-electron chi connectivity index (χ3n) is 3.77. The highest BCUT2D eigenvalue weighted by Gasteiger charge is 2.09. The van der Waals surface area contributed by atoms with Crippen LogP contribution in [-0.2, 0) is 0 Å². The van der Waals surface area contributed by atoms with Crippen LogP contribution in [0.15, 0.2) is 66.7 Å². The Bertz CT molecular complexity index is 818. The first kappa shape index (κ1) is 14.1. The van der Waals surface area contributed by atoms with Crippen molar-refractivity contribution in [2.45, 2.75) is 6.92 Å². The van der Waals surface area contributed by atoms with E-state index in [0.717, 1.165) is 16.8 Å². The fourth-order valence-electron chi connectivity index (χ4n) is 2.51. The second-order valence-corrected chi connectivity index (χ2v) is 5.40. The summed E-state index contributed by atoms with van der Waals surface area (Å²) in [5.41, 5.74) is 3.13. The summed E-state index contributed by atoms with van der Waals surface area (Å²) < 4.78 is 0. The van der Waals surface area contributed by atoms with Crippen LogP contribution in [-0.4, -0.2) is 13.0 Å². The third-order valence-corrected chi connectivity index (χ3v) is 3.77. The number of rotatable bonds is 2. The van der Waals surface area contributed by atoms with Gasteiger partial charge in [0.15, 0.2) is 5.96 Å². The number of hydrogen-bond acceptors (Lipinski definition) is 1. The number of nitrogens with zero attached hydrogens (tertiary/aromatic N) is 1. The van der Waals surface area contributed by atoms with Gasteiger partial charge in [-0.05, 0) is 36.1 Å². The molecule has 0 aromatic heterocycles. The van der Waals surface area contributed by atoms with Gasteiger partial charge in [-0.15, -0.1) is 0 Å². The van der Waals surface area contributed by atoms with Crippen LogP contribution in [0.25, 0.3) is 10.8 Å². The lowest BCUT2D eigenvalue weighted by molar-refractivity contribution is 1.21. The fraction of sp³-hybridized carbons (Fsp3) is 0.105. The molecular weight excluding hydrogens is 270 g/mol. The van der Waals surface area contributed by atoms with Crippen LogP contribution in [0.3, 0.4) is 0 Å². The van der Waals surface area contributed by atoms with Crippen molar-refractivity contribution in [2.75, 3.05) is 17.3 Å². The molecule has 0 amide bonds. The second-order valence-electron chi connectivity index (χ2n) is 5.40. The van der Waals surface area contributed by atoms with Gasteiger partial charge in [-0.3, -0.25) is 5.41 Å². The Labute approximate surface area is 130 Å². The Kier molecular flexibility index (Phi) is 3.79. The molecule has 0 aliphatic rings. The zero-order valence-corrected chi connectivity index (χ0v) is 12.8. The van der Waals surface area contributed by atoms with Crippen LogP contribution in [0.5, 0.6) is 0 Å². The number of hydrogen-bond donors (Lipinski definition) is 2. The SMILES string of the molecule is Cc1cccc(N(C)C(=N)Nc2cccc3ccccc23)c1. The Balaban J connectivity index is 1.87. The van der Waals surface area contributed by atoms with Crippen molar-refractivity contribution in [3.63, 3.8) is 0 Å². The number of benzene rings is 3. The first-order valence-electron chi connectivity index (χ1n) is 7.29. The predicted molar refractivity (Wildman–Crippen MR) is 94.9 cm³/mol. The molecular formula is C19H19N3. The zero-order valence-electron chi connectivity index (χ0n) is 12.8. The summed E-state index contributed by atoms with van der Waals surface area (Å²) in [6.45, 7) is 2.05. The Morgan fingerprint density at radius 1 is 0.955 bits per heavy atom. The Morgan fingerprint density at radius 3 is 2.50 bits per heavy atom. The van der Waals surface area contributed by atoms with Gasteiger partial charge in [0.1, 0.15) is 0 Å². The minimum absolute atomic E-state index is 0.349. The van der Waals surface area contributed by atoms with Crippen LogP contribution >= 0.6 is 0 Å². The number of nitrogens with one attached hydrogen (secondary N) is 2.